The molecule has 0 unspecified atom stereocenters. The summed E-state index contributed by atoms with van der Waals surface area (Å²) in [4.78, 5) is 29.1. The van der Waals surface area contributed by atoms with E-state index in [9.17, 15) is 22.8 Å². The highest BCUT2D eigenvalue weighted by molar-refractivity contribution is 6.34. The Hall–Kier alpha value is -3.66. The smallest absolute Gasteiger partial charge is 0.416 e. The maximum absolute atomic E-state index is 13.0. The fourth-order valence-corrected chi connectivity index (χ4v) is 3.81. The summed E-state index contributed by atoms with van der Waals surface area (Å²) >= 11 is 5.99. The van der Waals surface area contributed by atoms with Gasteiger partial charge in [-0.05, 0) is 50.1 Å². The first-order valence-corrected chi connectivity index (χ1v) is 10.6. The van der Waals surface area contributed by atoms with Gasteiger partial charge in [0.15, 0.2) is 5.76 Å². The number of aromatic nitrogens is 1. The molecule has 1 aromatic carbocycles. The number of halogens is 4. The molecule has 7 nitrogen and oxygen atoms in total. The van der Waals surface area contributed by atoms with Crippen molar-refractivity contribution in [3.63, 3.8) is 0 Å². The highest BCUT2D eigenvalue weighted by Crippen LogP contribution is 2.35. The van der Waals surface area contributed by atoms with E-state index < -0.39 is 23.6 Å². The minimum atomic E-state index is -4.59. The number of hydrazone groups is 1. The lowest BCUT2D eigenvalue weighted by atomic mass is 9.93. The standard InChI is InChI=1S/C23H18ClF3N4O3/c1-12-19-15(30-31-21(32)16-5-2-3-10-28-16)6-4-7-18(19)34-20(12)22(33)29-17-11-13(23(25,26)27)8-9-14(17)24/h2-3,5,8-11H,4,6-7H2,1H3,(H,29,33)(H,31,32)/b30-15+. The van der Waals surface area contributed by atoms with Gasteiger partial charge in [-0.3, -0.25) is 14.6 Å². The van der Waals surface area contributed by atoms with Gasteiger partial charge in [-0.15, -0.1) is 0 Å². The molecule has 3 aromatic rings. The second-order valence-corrected chi connectivity index (χ2v) is 7.98. The Bertz CT molecular complexity index is 1290. The van der Waals surface area contributed by atoms with Crippen LogP contribution in [-0.4, -0.2) is 22.5 Å². The maximum atomic E-state index is 13.0. The van der Waals surface area contributed by atoms with Gasteiger partial charge in [0, 0.05) is 23.7 Å². The van der Waals surface area contributed by atoms with Crippen LogP contribution in [0.2, 0.25) is 5.02 Å². The molecular weight excluding hydrogens is 473 g/mol. The molecule has 176 valence electrons. The van der Waals surface area contributed by atoms with E-state index in [1.54, 1.807) is 25.1 Å². The molecule has 2 amide bonds. The average Bonchev–Trinajstić information content (AvgIpc) is 3.16. The normalized spacial score (nSPS) is 14.6. The number of hydrogen-bond donors (Lipinski definition) is 2. The van der Waals surface area contributed by atoms with E-state index in [1.807, 2.05) is 0 Å². The third-order valence-corrected chi connectivity index (χ3v) is 5.59. The van der Waals surface area contributed by atoms with Gasteiger partial charge >= 0.3 is 6.18 Å². The number of furan rings is 1. The zero-order valence-electron chi connectivity index (χ0n) is 17.8. The number of nitrogens with one attached hydrogen (secondary N) is 2. The number of nitrogens with zero attached hydrogens (tertiary/aromatic N) is 2. The van der Waals surface area contributed by atoms with Crippen LogP contribution < -0.4 is 10.7 Å². The molecule has 1 aliphatic rings. The molecule has 2 aromatic heterocycles. The quantitative estimate of drug-likeness (QED) is 0.480. The topological polar surface area (TPSA) is 96.6 Å². The molecule has 2 N–H and O–H groups in total. The van der Waals surface area contributed by atoms with Crippen molar-refractivity contribution in [1.82, 2.24) is 10.4 Å². The zero-order chi connectivity index (χ0) is 24.5. The third kappa shape index (κ3) is 4.81. The number of alkyl halides is 3. The van der Waals surface area contributed by atoms with Crippen molar-refractivity contribution in [3.05, 3.63) is 81.5 Å². The lowest BCUT2D eigenvalue weighted by Crippen LogP contribution is -2.22. The molecule has 0 aliphatic heterocycles. The van der Waals surface area contributed by atoms with Crippen molar-refractivity contribution in [3.8, 4) is 0 Å². The van der Waals surface area contributed by atoms with Crippen LogP contribution >= 0.6 is 11.6 Å². The van der Waals surface area contributed by atoms with Crippen LogP contribution in [0.3, 0.4) is 0 Å². The van der Waals surface area contributed by atoms with Crippen LogP contribution in [0.15, 0.2) is 52.1 Å². The fraction of sp³-hybridized carbons (Fsp3) is 0.217. The summed E-state index contributed by atoms with van der Waals surface area (Å²) in [5.41, 5.74) is 3.11. The molecule has 0 bridgehead atoms. The van der Waals surface area contributed by atoms with E-state index >= 15 is 0 Å². The second kappa shape index (κ2) is 9.30. The lowest BCUT2D eigenvalue weighted by Gasteiger charge is -2.13. The third-order valence-electron chi connectivity index (χ3n) is 5.26. The molecule has 4 rings (SSSR count). The lowest BCUT2D eigenvalue weighted by molar-refractivity contribution is -0.137. The van der Waals surface area contributed by atoms with Crippen LogP contribution in [0.5, 0.6) is 0 Å². The molecular formula is C23H18ClF3N4O3. The SMILES string of the molecule is Cc1c(C(=O)Nc2cc(C(F)(F)F)ccc2Cl)oc2c1/C(=N/NC(=O)c1ccccn1)CCC2. The zero-order valence-corrected chi connectivity index (χ0v) is 18.5. The summed E-state index contributed by atoms with van der Waals surface area (Å²) in [7, 11) is 0. The van der Waals surface area contributed by atoms with Crippen LogP contribution in [0.25, 0.3) is 0 Å². The van der Waals surface area contributed by atoms with Crippen molar-refractivity contribution in [2.75, 3.05) is 5.32 Å². The molecule has 0 spiro atoms. The summed E-state index contributed by atoms with van der Waals surface area (Å²) in [6.45, 7) is 1.65. The number of pyridine rings is 1. The van der Waals surface area contributed by atoms with Gasteiger partial charge < -0.3 is 9.73 Å². The Balaban J connectivity index is 1.59. The van der Waals surface area contributed by atoms with Gasteiger partial charge in [-0.1, -0.05) is 17.7 Å². The number of carbonyl (C=O) groups excluding carboxylic acids is 2. The number of carbonyl (C=O) groups is 2. The summed E-state index contributed by atoms with van der Waals surface area (Å²) in [6.07, 6.45) is -1.34. The predicted octanol–water partition coefficient (Wildman–Crippen LogP) is 5.38. The highest BCUT2D eigenvalue weighted by atomic mass is 35.5. The van der Waals surface area contributed by atoms with Crippen LogP contribution in [0.1, 0.15) is 56.3 Å². The molecule has 0 radical (unpaired) electrons. The molecule has 0 fully saturated rings. The largest absolute Gasteiger partial charge is 0.455 e. The van der Waals surface area contributed by atoms with Crippen molar-refractivity contribution in [2.24, 2.45) is 5.10 Å². The van der Waals surface area contributed by atoms with Crippen molar-refractivity contribution in [2.45, 2.75) is 32.4 Å². The van der Waals surface area contributed by atoms with Gasteiger partial charge in [0.05, 0.1) is 22.0 Å². The molecule has 2 heterocycles. The van der Waals surface area contributed by atoms with Gasteiger partial charge in [0.1, 0.15) is 11.5 Å². The van der Waals surface area contributed by atoms with E-state index in [-0.39, 0.29) is 22.2 Å². The van der Waals surface area contributed by atoms with Gasteiger partial charge in [-0.2, -0.15) is 18.3 Å². The molecule has 0 saturated carbocycles. The summed E-state index contributed by atoms with van der Waals surface area (Å²) < 4.78 is 44.9. The van der Waals surface area contributed by atoms with Gasteiger partial charge in [-0.25, -0.2) is 5.43 Å². The number of aryl methyl sites for hydroxylation is 1. The number of amides is 2. The number of anilines is 1. The van der Waals surface area contributed by atoms with E-state index in [2.05, 4.69) is 20.8 Å². The van der Waals surface area contributed by atoms with Crippen LogP contribution in [-0.2, 0) is 12.6 Å². The molecule has 0 atom stereocenters. The Morgan fingerprint density at radius 1 is 1.15 bits per heavy atom. The second-order valence-electron chi connectivity index (χ2n) is 7.57. The first-order valence-electron chi connectivity index (χ1n) is 10.2. The fourth-order valence-electron chi connectivity index (χ4n) is 3.65. The first kappa shape index (κ1) is 23.5. The van der Waals surface area contributed by atoms with Crippen molar-refractivity contribution >= 4 is 34.8 Å². The summed E-state index contributed by atoms with van der Waals surface area (Å²) in [6, 6.07) is 7.57. The average molecular weight is 491 g/mol. The number of rotatable bonds is 4. The van der Waals surface area contributed by atoms with E-state index in [0.29, 0.717) is 41.9 Å². The Morgan fingerprint density at radius 3 is 2.65 bits per heavy atom. The monoisotopic (exact) mass is 490 g/mol. The number of hydrogen-bond acceptors (Lipinski definition) is 5. The summed E-state index contributed by atoms with van der Waals surface area (Å²) in [5, 5.41) is 6.56. The van der Waals surface area contributed by atoms with Crippen LogP contribution in [0.4, 0.5) is 18.9 Å². The minimum absolute atomic E-state index is 0.0465. The van der Waals surface area contributed by atoms with Gasteiger partial charge in [0.2, 0.25) is 0 Å². The predicted molar refractivity (Wildman–Crippen MR) is 119 cm³/mol. The number of benzene rings is 1. The van der Waals surface area contributed by atoms with E-state index in [0.717, 1.165) is 18.2 Å². The molecule has 0 saturated heterocycles. The van der Waals surface area contributed by atoms with Crippen molar-refractivity contribution < 1.29 is 27.2 Å². The molecule has 1 aliphatic carbocycles. The number of fused-ring (bicyclic) bond motifs is 1. The minimum Gasteiger partial charge on any atom is -0.455 e. The Morgan fingerprint density at radius 2 is 1.94 bits per heavy atom. The van der Waals surface area contributed by atoms with Gasteiger partial charge in [0.25, 0.3) is 11.8 Å². The Kier molecular flexibility index (Phi) is 6.43. The van der Waals surface area contributed by atoms with Crippen molar-refractivity contribution in [1.29, 1.82) is 0 Å². The van der Waals surface area contributed by atoms with Crippen LogP contribution in [0, 0.1) is 6.92 Å². The molecule has 34 heavy (non-hydrogen) atoms. The molecule has 11 heteroatoms. The summed E-state index contributed by atoms with van der Waals surface area (Å²) in [5.74, 6) is -0.789. The Labute approximate surface area is 197 Å². The van der Waals surface area contributed by atoms with E-state index in [4.69, 9.17) is 16.0 Å². The highest BCUT2D eigenvalue weighted by Gasteiger charge is 2.32. The maximum Gasteiger partial charge on any atom is 0.416 e. The van der Waals surface area contributed by atoms with E-state index in [1.165, 1.54) is 6.20 Å². The first-order chi connectivity index (χ1) is 16.1.